The number of rotatable bonds is 4. The first-order valence-electron chi connectivity index (χ1n) is 8.62. The zero-order valence-corrected chi connectivity index (χ0v) is 14.2. The molecule has 1 saturated heterocycles. The van der Waals surface area contributed by atoms with E-state index >= 15 is 0 Å². The van der Waals surface area contributed by atoms with Crippen molar-refractivity contribution in [3.05, 3.63) is 17.5 Å². The van der Waals surface area contributed by atoms with Gasteiger partial charge in [0.25, 0.3) is 5.91 Å². The number of nitrogens with zero attached hydrogens (tertiary/aromatic N) is 2. The van der Waals surface area contributed by atoms with Gasteiger partial charge in [-0.3, -0.25) is 9.89 Å². The molecule has 0 unspecified atom stereocenters. The standard InChI is InChI=1S/C17H27N3O3/c1-4-23-15-10-14(21)17(15)5-7-20(8-6-17)16(22)13-9-12(11(2)3)18-19-13/h9,11,14-15,21H,4-8,10H2,1-3H3,(H,18,19)/t14-,15+/m1/s1. The van der Waals surface area contributed by atoms with E-state index in [1.807, 2.05) is 17.9 Å². The van der Waals surface area contributed by atoms with E-state index in [1.165, 1.54) is 0 Å². The fraction of sp³-hybridized carbons (Fsp3) is 0.765. The van der Waals surface area contributed by atoms with Gasteiger partial charge in [0.15, 0.2) is 0 Å². The van der Waals surface area contributed by atoms with Gasteiger partial charge in [-0.05, 0) is 31.7 Å². The van der Waals surface area contributed by atoms with Gasteiger partial charge >= 0.3 is 0 Å². The Bertz CT molecular complexity index is 559. The Balaban J connectivity index is 1.63. The van der Waals surface area contributed by atoms with E-state index in [2.05, 4.69) is 24.0 Å². The number of H-pyrrole nitrogens is 1. The number of carbonyl (C=O) groups excluding carboxylic acids is 1. The molecule has 128 valence electrons. The molecule has 1 aliphatic heterocycles. The van der Waals surface area contributed by atoms with E-state index in [4.69, 9.17) is 4.74 Å². The summed E-state index contributed by atoms with van der Waals surface area (Å²) in [4.78, 5) is 14.4. The maximum atomic E-state index is 12.6. The quantitative estimate of drug-likeness (QED) is 0.888. The number of carbonyl (C=O) groups is 1. The molecule has 1 aromatic heterocycles. The number of hydrogen-bond donors (Lipinski definition) is 2. The lowest BCUT2D eigenvalue weighted by molar-refractivity contribution is -0.207. The van der Waals surface area contributed by atoms with Crippen LogP contribution in [0, 0.1) is 5.41 Å². The molecule has 0 aromatic carbocycles. The van der Waals surface area contributed by atoms with Crippen molar-refractivity contribution >= 4 is 5.91 Å². The van der Waals surface area contributed by atoms with Gasteiger partial charge in [-0.1, -0.05) is 13.8 Å². The normalized spacial score (nSPS) is 26.6. The van der Waals surface area contributed by atoms with Crippen LogP contribution in [-0.2, 0) is 4.74 Å². The number of hydrogen-bond acceptors (Lipinski definition) is 4. The molecule has 1 aliphatic carbocycles. The molecule has 1 amide bonds. The molecule has 1 saturated carbocycles. The number of aromatic nitrogens is 2. The number of aliphatic hydroxyl groups excluding tert-OH is 1. The number of amides is 1. The topological polar surface area (TPSA) is 78.5 Å². The average Bonchev–Trinajstić information content (AvgIpc) is 3.04. The molecular formula is C17H27N3O3. The Hall–Kier alpha value is -1.40. The van der Waals surface area contributed by atoms with Crippen molar-refractivity contribution in [3.63, 3.8) is 0 Å². The van der Waals surface area contributed by atoms with Crippen LogP contribution in [0.1, 0.15) is 62.1 Å². The van der Waals surface area contributed by atoms with Crippen molar-refractivity contribution in [2.75, 3.05) is 19.7 Å². The lowest BCUT2D eigenvalue weighted by Crippen LogP contribution is -2.62. The second-order valence-electron chi connectivity index (χ2n) is 7.08. The smallest absolute Gasteiger partial charge is 0.274 e. The van der Waals surface area contributed by atoms with Crippen molar-refractivity contribution in [1.82, 2.24) is 15.1 Å². The second-order valence-corrected chi connectivity index (χ2v) is 7.08. The number of piperidine rings is 1. The predicted molar refractivity (Wildman–Crippen MR) is 86.3 cm³/mol. The summed E-state index contributed by atoms with van der Waals surface area (Å²) in [6, 6.07) is 1.85. The minimum Gasteiger partial charge on any atom is -0.392 e. The van der Waals surface area contributed by atoms with Crippen molar-refractivity contribution in [2.45, 2.75) is 58.2 Å². The summed E-state index contributed by atoms with van der Waals surface area (Å²) in [6.45, 7) is 8.11. The maximum absolute atomic E-state index is 12.6. The SMILES string of the molecule is CCO[C@H]1C[C@@H](O)C12CCN(C(=O)c1cc(C(C)C)[nH]n1)CC2. The minimum atomic E-state index is -0.297. The first-order valence-corrected chi connectivity index (χ1v) is 8.62. The first kappa shape index (κ1) is 16.5. The molecule has 6 heteroatoms. The molecule has 6 nitrogen and oxygen atoms in total. The molecule has 2 N–H and O–H groups in total. The highest BCUT2D eigenvalue weighted by Gasteiger charge is 2.56. The minimum absolute atomic E-state index is 0.0234. The van der Waals surface area contributed by atoms with Crippen LogP contribution in [0.25, 0.3) is 0 Å². The molecule has 1 spiro atoms. The summed E-state index contributed by atoms with van der Waals surface area (Å²) >= 11 is 0. The third-order valence-electron chi connectivity index (χ3n) is 5.53. The Kier molecular flexibility index (Phi) is 4.47. The van der Waals surface area contributed by atoms with E-state index in [-0.39, 0.29) is 23.5 Å². The van der Waals surface area contributed by atoms with Gasteiger partial charge in [-0.2, -0.15) is 5.10 Å². The fourth-order valence-electron chi connectivity index (χ4n) is 3.85. The number of ether oxygens (including phenoxy) is 1. The van der Waals surface area contributed by atoms with Gasteiger partial charge in [-0.25, -0.2) is 0 Å². The molecule has 2 aliphatic rings. The number of nitrogens with one attached hydrogen (secondary N) is 1. The first-order chi connectivity index (χ1) is 11.0. The summed E-state index contributed by atoms with van der Waals surface area (Å²) in [6.07, 6.45) is 2.16. The third-order valence-corrected chi connectivity index (χ3v) is 5.53. The van der Waals surface area contributed by atoms with Crippen molar-refractivity contribution in [2.24, 2.45) is 5.41 Å². The van der Waals surface area contributed by atoms with Crippen LogP contribution in [-0.4, -0.2) is 58.0 Å². The number of aromatic amines is 1. The molecule has 23 heavy (non-hydrogen) atoms. The summed E-state index contributed by atoms with van der Waals surface area (Å²) < 4.78 is 5.77. The Labute approximate surface area is 137 Å². The number of aliphatic hydroxyl groups is 1. The van der Waals surface area contributed by atoms with E-state index in [9.17, 15) is 9.90 Å². The van der Waals surface area contributed by atoms with E-state index in [0.29, 0.717) is 31.3 Å². The summed E-state index contributed by atoms with van der Waals surface area (Å²) in [7, 11) is 0. The van der Waals surface area contributed by atoms with Crippen LogP contribution in [0.4, 0.5) is 0 Å². The van der Waals surface area contributed by atoms with Crippen molar-refractivity contribution in [1.29, 1.82) is 0 Å². The monoisotopic (exact) mass is 321 g/mol. The van der Waals surface area contributed by atoms with Gasteiger partial charge in [0.1, 0.15) is 5.69 Å². The summed E-state index contributed by atoms with van der Waals surface area (Å²) in [5.41, 5.74) is 1.31. The van der Waals surface area contributed by atoms with E-state index in [1.54, 1.807) is 0 Å². The second kappa shape index (κ2) is 6.24. The van der Waals surface area contributed by atoms with E-state index < -0.39 is 0 Å². The highest BCUT2D eigenvalue weighted by molar-refractivity contribution is 5.92. The van der Waals surface area contributed by atoms with Crippen LogP contribution >= 0.6 is 0 Å². The molecule has 3 rings (SSSR count). The largest absolute Gasteiger partial charge is 0.392 e. The van der Waals surface area contributed by atoms with Gasteiger partial charge in [-0.15, -0.1) is 0 Å². The zero-order chi connectivity index (χ0) is 16.6. The van der Waals surface area contributed by atoms with Crippen LogP contribution in [0.15, 0.2) is 6.07 Å². The zero-order valence-electron chi connectivity index (χ0n) is 14.2. The Morgan fingerprint density at radius 2 is 2.22 bits per heavy atom. The highest BCUT2D eigenvalue weighted by Crippen LogP contribution is 2.51. The number of likely N-dealkylation sites (tertiary alicyclic amines) is 1. The molecule has 1 aromatic rings. The van der Waals surface area contributed by atoms with Crippen LogP contribution in [0.2, 0.25) is 0 Å². The van der Waals surface area contributed by atoms with Gasteiger partial charge in [0.2, 0.25) is 0 Å². The van der Waals surface area contributed by atoms with Crippen molar-refractivity contribution < 1.29 is 14.6 Å². The van der Waals surface area contributed by atoms with E-state index in [0.717, 1.165) is 25.0 Å². The third kappa shape index (κ3) is 2.78. The summed E-state index contributed by atoms with van der Waals surface area (Å²) in [5, 5.41) is 17.3. The maximum Gasteiger partial charge on any atom is 0.274 e. The van der Waals surface area contributed by atoms with Gasteiger partial charge in [0.05, 0.1) is 12.2 Å². The van der Waals surface area contributed by atoms with Gasteiger partial charge < -0.3 is 14.7 Å². The fourth-order valence-corrected chi connectivity index (χ4v) is 3.85. The average molecular weight is 321 g/mol. The Morgan fingerprint density at radius 1 is 1.52 bits per heavy atom. The molecule has 2 heterocycles. The van der Waals surface area contributed by atoms with Crippen LogP contribution < -0.4 is 0 Å². The lowest BCUT2D eigenvalue weighted by Gasteiger charge is -2.56. The predicted octanol–water partition coefficient (Wildman–Crippen LogP) is 1.93. The molecule has 2 fully saturated rings. The lowest BCUT2D eigenvalue weighted by atomic mass is 9.58. The molecule has 2 atom stereocenters. The molecular weight excluding hydrogens is 294 g/mol. The summed E-state index contributed by atoms with van der Waals surface area (Å²) in [5.74, 6) is 0.301. The van der Waals surface area contributed by atoms with Crippen LogP contribution in [0.3, 0.4) is 0 Å². The molecule has 0 radical (unpaired) electrons. The highest BCUT2D eigenvalue weighted by atomic mass is 16.5. The van der Waals surface area contributed by atoms with Crippen LogP contribution in [0.5, 0.6) is 0 Å². The Morgan fingerprint density at radius 3 is 2.74 bits per heavy atom. The molecule has 0 bridgehead atoms. The van der Waals surface area contributed by atoms with Crippen molar-refractivity contribution in [3.8, 4) is 0 Å². The van der Waals surface area contributed by atoms with Gasteiger partial charge in [0, 0.05) is 37.2 Å².